The van der Waals surface area contributed by atoms with E-state index in [4.69, 9.17) is 0 Å². The number of nitrogens with one attached hydrogen (secondary N) is 1. The van der Waals surface area contributed by atoms with Crippen molar-refractivity contribution in [3.8, 4) is 0 Å². The molecule has 1 fully saturated rings. The highest BCUT2D eigenvalue weighted by Crippen LogP contribution is 2.31. The van der Waals surface area contributed by atoms with Crippen LogP contribution in [0.1, 0.15) is 38.2 Å². The maximum absolute atomic E-state index is 13.2. The SMILES string of the molecule is CCc1ccc(NC(=O)CSc2nc3ccsc3c(=O)n2CC2CCC(C(=O)[O-])CC2)cc1. The summed E-state index contributed by atoms with van der Waals surface area (Å²) in [6.45, 7) is 2.55. The zero-order chi connectivity index (χ0) is 23.4. The molecule has 0 bridgehead atoms. The number of carboxylic acids is 1. The van der Waals surface area contributed by atoms with E-state index < -0.39 is 11.9 Å². The number of fused-ring (bicyclic) bond motifs is 1. The van der Waals surface area contributed by atoms with Gasteiger partial charge >= 0.3 is 0 Å². The molecule has 0 radical (unpaired) electrons. The molecule has 174 valence electrons. The summed E-state index contributed by atoms with van der Waals surface area (Å²) < 4.78 is 2.26. The van der Waals surface area contributed by atoms with Crippen molar-refractivity contribution in [2.24, 2.45) is 11.8 Å². The van der Waals surface area contributed by atoms with Crippen LogP contribution in [0.5, 0.6) is 0 Å². The number of hydrogen-bond acceptors (Lipinski definition) is 7. The predicted octanol–water partition coefficient (Wildman–Crippen LogP) is 3.31. The lowest BCUT2D eigenvalue weighted by Crippen LogP contribution is -2.35. The molecule has 9 heteroatoms. The van der Waals surface area contributed by atoms with Crippen LogP contribution in [0, 0.1) is 11.8 Å². The van der Waals surface area contributed by atoms with Gasteiger partial charge in [0.1, 0.15) is 4.70 Å². The topological polar surface area (TPSA) is 104 Å². The van der Waals surface area contributed by atoms with Crippen molar-refractivity contribution in [1.29, 1.82) is 0 Å². The van der Waals surface area contributed by atoms with Gasteiger partial charge in [0.15, 0.2) is 5.16 Å². The Morgan fingerprint density at radius 2 is 1.91 bits per heavy atom. The molecule has 1 aliphatic carbocycles. The Balaban J connectivity index is 1.47. The molecule has 3 aromatic rings. The average Bonchev–Trinajstić information content (AvgIpc) is 3.29. The fraction of sp³-hybridized carbons (Fsp3) is 0.417. The molecule has 1 aliphatic rings. The van der Waals surface area contributed by atoms with Gasteiger partial charge in [0.25, 0.3) is 5.56 Å². The molecular formula is C24H26N3O4S2-. The molecule has 0 aliphatic heterocycles. The average molecular weight is 485 g/mol. The van der Waals surface area contributed by atoms with Crippen LogP contribution in [0.3, 0.4) is 0 Å². The van der Waals surface area contributed by atoms with Crippen molar-refractivity contribution in [2.75, 3.05) is 11.1 Å². The minimum Gasteiger partial charge on any atom is -0.550 e. The Morgan fingerprint density at radius 1 is 1.18 bits per heavy atom. The van der Waals surface area contributed by atoms with Gasteiger partial charge in [-0.15, -0.1) is 11.3 Å². The van der Waals surface area contributed by atoms with E-state index in [0.29, 0.717) is 34.8 Å². The molecule has 1 amide bonds. The summed E-state index contributed by atoms with van der Waals surface area (Å²) in [5, 5.41) is 16.4. The maximum Gasteiger partial charge on any atom is 0.272 e. The standard InChI is InChI=1S/C24H27N3O4S2/c1-2-15-5-9-18(10-6-15)25-20(28)14-33-24-26-19-11-12-32-21(19)22(29)27(24)13-16-3-7-17(8-4-16)23(30)31/h5-6,9-12,16-17H,2-4,7-8,13-14H2,1H3,(H,25,28)(H,30,31)/p-1. The smallest absolute Gasteiger partial charge is 0.272 e. The quantitative estimate of drug-likeness (QED) is 0.389. The van der Waals surface area contributed by atoms with Crippen LogP contribution < -0.4 is 16.0 Å². The van der Waals surface area contributed by atoms with Gasteiger partial charge in [0.2, 0.25) is 5.91 Å². The minimum absolute atomic E-state index is 0.102. The highest BCUT2D eigenvalue weighted by atomic mass is 32.2. The number of nitrogens with zero attached hydrogens (tertiary/aromatic N) is 2. The van der Waals surface area contributed by atoms with Gasteiger partial charge in [-0.2, -0.15) is 0 Å². The summed E-state index contributed by atoms with van der Waals surface area (Å²) in [7, 11) is 0. The van der Waals surface area contributed by atoms with Crippen molar-refractivity contribution in [3.05, 3.63) is 51.6 Å². The van der Waals surface area contributed by atoms with Crippen LogP contribution in [-0.2, 0) is 22.6 Å². The Kier molecular flexibility index (Phi) is 7.49. The van der Waals surface area contributed by atoms with Crippen LogP contribution in [-0.4, -0.2) is 27.2 Å². The van der Waals surface area contributed by atoms with Crippen LogP contribution in [0.25, 0.3) is 10.2 Å². The number of aryl methyl sites for hydroxylation is 1. The van der Waals surface area contributed by atoms with E-state index in [9.17, 15) is 19.5 Å². The number of benzene rings is 1. The molecule has 1 N–H and O–H groups in total. The van der Waals surface area contributed by atoms with Gasteiger partial charge in [-0.05, 0) is 73.1 Å². The van der Waals surface area contributed by atoms with Crippen molar-refractivity contribution < 1.29 is 14.7 Å². The Labute approximate surface area is 200 Å². The van der Waals surface area contributed by atoms with Gasteiger partial charge < -0.3 is 15.2 Å². The molecule has 4 rings (SSSR count). The zero-order valence-corrected chi connectivity index (χ0v) is 20.0. The number of aliphatic carboxylic acids is 1. The van der Waals surface area contributed by atoms with E-state index in [2.05, 4.69) is 17.2 Å². The third-order valence-corrected chi connectivity index (χ3v) is 8.00. The summed E-state index contributed by atoms with van der Waals surface area (Å²) >= 11 is 2.61. The second-order valence-corrected chi connectivity index (χ2v) is 10.2. The van der Waals surface area contributed by atoms with E-state index in [-0.39, 0.29) is 23.1 Å². The lowest BCUT2D eigenvalue weighted by atomic mass is 9.82. The number of thioether (sulfide) groups is 1. The van der Waals surface area contributed by atoms with E-state index >= 15 is 0 Å². The van der Waals surface area contributed by atoms with Gasteiger partial charge in [-0.1, -0.05) is 30.8 Å². The lowest BCUT2D eigenvalue weighted by molar-refractivity contribution is -0.312. The Bertz CT molecular complexity index is 1190. The number of rotatable bonds is 8. The molecule has 1 aromatic carbocycles. The third kappa shape index (κ3) is 5.65. The summed E-state index contributed by atoms with van der Waals surface area (Å²) in [5.74, 6) is -1.22. The normalized spacial score (nSPS) is 18.3. The molecule has 0 saturated heterocycles. The minimum atomic E-state index is -0.987. The number of carboxylic acid groups (broad SMARTS) is 1. The number of carbonyl (C=O) groups is 2. The lowest BCUT2D eigenvalue weighted by Gasteiger charge is -2.29. The largest absolute Gasteiger partial charge is 0.550 e. The molecular weight excluding hydrogens is 458 g/mol. The molecule has 33 heavy (non-hydrogen) atoms. The van der Waals surface area contributed by atoms with E-state index in [1.165, 1.54) is 28.7 Å². The first-order valence-corrected chi connectivity index (χ1v) is 13.0. The molecule has 0 spiro atoms. The summed E-state index contributed by atoms with van der Waals surface area (Å²) in [4.78, 5) is 41.5. The zero-order valence-electron chi connectivity index (χ0n) is 18.4. The number of anilines is 1. The van der Waals surface area contributed by atoms with Crippen LogP contribution in [0.15, 0.2) is 45.7 Å². The van der Waals surface area contributed by atoms with E-state index in [0.717, 1.165) is 24.9 Å². The van der Waals surface area contributed by atoms with Crippen LogP contribution in [0.2, 0.25) is 0 Å². The van der Waals surface area contributed by atoms with Crippen LogP contribution >= 0.6 is 23.1 Å². The second kappa shape index (κ2) is 10.5. The first kappa shape index (κ1) is 23.5. The summed E-state index contributed by atoms with van der Waals surface area (Å²) in [5.41, 5.74) is 2.48. The summed E-state index contributed by atoms with van der Waals surface area (Å²) in [6.07, 6.45) is 3.53. The Morgan fingerprint density at radius 3 is 2.58 bits per heavy atom. The van der Waals surface area contributed by atoms with E-state index in [1.54, 1.807) is 4.57 Å². The van der Waals surface area contributed by atoms with Crippen LogP contribution in [0.4, 0.5) is 5.69 Å². The first-order valence-electron chi connectivity index (χ1n) is 11.1. The molecule has 0 atom stereocenters. The fourth-order valence-electron chi connectivity index (χ4n) is 4.18. The van der Waals surface area contributed by atoms with Gasteiger partial charge in [0, 0.05) is 18.2 Å². The van der Waals surface area contributed by atoms with Crippen molar-refractivity contribution in [3.63, 3.8) is 0 Å². The number of thiophene rings is 1. The first-order chi connectivity index (χ1) is 15.9. The molecule has 2 heterocycles. The second-order valence-electron chi connectivity index (χ2n) is 8.37. The van der Waals surface area contributed by atoms with Gasteiger partial charge in [-0.3, -0.25) is 14.2 Å². The van der Waals surface area contributed by atoms with Crippen molar-refractivity contribution in [1.82, 2.24) is 9.55 Å². The highest BCUT2D eigenvalue weighted by Gasteiger charge is 2.24. The van der Waals surface area contributed by atoms with Crippen molar-refractivity contribution in [2.45, 2.75) is 50.7 Å². The maximum atomic E-state index is 13.2. The number of hydrogen-bond donors (Lipinski definition) is 1. The number of carbonyl (C=O) groups excluding carboxylic acids is 2. The number of amides is 1. The molecule has 0 unspecified atom stereocenters. The van der Waals surface area contributed by atoms with Gasteiger partial charge in [-0.25, -0.2) is 4.98 Å². The van der Waals surface area contributed by atoms with Gasteiger partial charge in [0.05, 0.1) is 11.3 Å². The fourth-order valence-corrected chi connectivity index (χ4v) is 5.77. The highest BCUT2D eigenvalue weighted by molar-refractivity contribution is 7.99. The molecule has 2 aromatic heterocycles. The predicted molar refractivity (Wildman–Crippen MR) is 130 cm³/mol. The number of aromatic nitrogens is 2. The molecule has 7 nitrogen and oxygen atoms in total. The monoisotopic (exact) mass is 484 g/mol. The summed E-state index contributed by atoms with van der Waals surface area (Å²) in [6, 6.07) is 9.56. The Hall–Kier alpha value is -2.65. The molecule has 1 saturated carbocycles. The third-order valence-electron chi connectivity index (χ3n) is 6.13. The van der Waals surface area contributed by atoms with Crippen molar-refractivity contribution >= 4 is 50.9 Å². The van der Waals surface area contributed by atoms with E-state index in [1.807, 2.05) is 35.7 Å².